The van der Waals surface area contributed by atoms with Crippen molar-refractivity contribution < 1.29 is 19.1 Å². The van der Waals surface area contributed by atoms with E-state index in [1.165, 1.54) is 14.2 Å². The highest BCUT2D eigenvalue weighted by atomic mass is 16.5. The molecule has 21 heavy (non-hydrogen) atoms. The number of ether oxygens (including phenoxy) is 2. The van der Waals surface area contributed by atoms with Crippen molar-refractivity contribution in [3.8, 4) is 0 Å². The van der Waals surface area contributed by atoms with Crippen molar-refractivity contribution in [2.75, 3.05) is 20.8 Å². The molecule has 5 nitrogen and oxygen atoms in total. The van der Waals surface area contributed by atoms with Crippen molar-refractivity contribution in [3.63, 3.8) is 0 Å². The molecule has 5 heteroatoms. The van der Waals surface area contributed by atoms with Crippen molar-refractivity contribution in [3.05, 3.63) is 35.9 Å². The zero-order valence-electron chi connectivity index (χ0n) is 12.6. The van der Waals surface area contributed by atoms with Gasteiger partial charge in [0.25, 0.3) is 5.91 Å². The molecule has 0 heterocycles. The summed E-state index contributed by atoms with van der Waals surface area (Å²) in [5, 5.41) is 2.85. The van der Waals surface area contributed by atoms with Crippen LogP contribution in [0.1, 0.15) is 37.4 Å². The Balaban J connectivity index is 2.25. The first kappa shape index (κ1) is 17.2. The lowest BCUT2D eigenvalue weighted by atomic mass is 10.1. The van der Waals surface area contributed by atoms with E-state index in [9.17, 15) is 9.59 Å². The number of carbonyl (C=O) groups is 2. The zero-order chi connectivity index (χ0) is 15.5. The number of unbranched alkanes of at least 4 members (excludes halogenated alkanes) is 2. The van der Waals surface area contributed by atoms with E-state index in [0.717, 1.165) is 24.8 Å². The van der Waals surface area contributed by atoms with Crippen molar-refractivity contribution in [2.45, 2.75) is 31.8 Å². The van der Waals surface area contributed by atoms with Crippen LogP contribution in [0.2, 0.25) is 0 Å². The van der Waals surface area contributed by atoms with Gasteiger partial charge in [0.15, 0.2) is 6.10 Å². The predicted octanol–water partition coefficient (Wildman–Crippen LogP) is 2.22. The van der Waals surface area contributed by atoms with Crippen LogP contribution in [0.15, 0.2) is 30.3 Å². The standard InChI is InChI=1S/C16H23NO4/c1-20-14(18)11-7-4-8-12-17-16(19)15(21-2)13-9-5-3-6-10-13/h3,5-6,9-10,15H,4,7-8,11-12H2,1-2H3,(H,17,19). The van der Waals surface area contributed by atoms with Crippen molar-refractivity contribution >= 4 is 11.9 Å². The summed E-state index contributed by atoms with van der Waals surface area (Å²) in [6.07, 6.45) is 2.32. The Bertz CT molecular complexity index is 433. The van der Waals surface area contributed by atoms with Gasteiger partial charge in [0.2, 0.25) is 0 Å². The number of amides is 1. The summed E-state index contributed by atoms with van der Waals surface area (Å²) in [5.41, 5.74) is 0.836. The van der Waals surface area contributed by atoms with E-state index in [1.807, 2.05) is 30.3 Å². The molecule has 116 valence electrons. The van der Waals surface area contributed by atoms with E-state index in [1.54, 1.807) is 0 Å². The molecule has 1 atom stereocenters. The van der Waals surface area contributed by atoms with Gasteiger partial charge in [-0.2, -0.15) is 0 Å². The number of methoxy groups -OCH3 is 2. The zero-order valence-corrected chi connectivity index (χ0v) is 12.6. The molecule has 1 rings (SSSR count). The van der Waals surface area contributed by atoms with Crippen LogP contribution in [0.5, 0.6) is 0 Å². The van der Waals surface area contributed by atoms with Crippen molar-refractivity contribution in [2.24, 2.45) is 0 Å². The molecule has 0 spiro atoms. The quantitative estimate of drug-likeness (QED) is 0.560. The first-order chi connectivity index (χ1) is 10.2. The Kier molecular flexibility index (Phi) is 8.12. The Morgan fingerprint density at radius 1 is 1.10 bits per heavy atom. The van der Waals surface area contributed by atoms with E-state index in [4.69, 9.17) is 4.74 Å². The molecule has 1 amide bonds. The van der Waals surface area contributed by atoms with Gasteiger partial charge < -0.3 is 14.8 Å². The average Bonchev–Trinajstić information content (AvgIpc) is 2.52. The molecule has 0 saturated heterocycles. The molecular weight excluding hydrogens is 270 g/mol. The van der Waals surface area contributed by atoms with Gasteiger partial charge >= 0.3 is 5.97 Å². The molecule has 0 aliphatic carbocycles. The molecule has 0 radical (unpaired) electrons. The summed E-state index contributed by atoms with van der Waals surface area (Å²) in [7, 11) is 2.91. The lowest BCUT2D eigenvalue weighted by Crippen LogP contribution is -2.31. The van der Waals surface area contributed by atoms with Crippen LogP contribution in [-0.2, 0) is 19.1 Å². The monoisotopic (exact) mass is 293 g/mol. The van der Waals surface area contributed by atoms with E-state index < -0.39 is 6.10 Å². The van der Waals surface area contributed by atoms with Gasteiger partial charge in [0.1, 0.15) is 0 Å². The highest BCUT2D eigenvalue weighted by Crippen LogP contribution is 2.16. The predicted molar refractivity (Wildman–Crippen MR) is 79.7 cm³/mol. The van der Waals surface area contributed by atoms with Gasteiger partial charge in [-0.15, -0.1) is 0 Å². The maximum Gasteiger partial charge on any atom is 0.305 e. The van der Waals surface area contributed by atoms with Gasteiger partial charge in [-0.25, -0.2) is 0 Å². The fourth-order valence-corrected chi connectivity index (χ4v) is 2.00. The highest BCUT2D eigenvalue weighted by Gasteiger charge is 2.18. The lowest BCUT2D eigenvalue weighted by Gasteiger charge is -2.15. The Hall–Kier alpha value is -1.88. The minimum atomic E-state index is -0.582. The summed E-state index contributed by atoms with van der Waals surface area (Å²) in [4.78, 5) is 23.0. The molecule has 0 fully saturated rings. The minimum Gasteiger partial charge on any atom is -0.469 e. The average molecular weight is 293 g/mol. The van der Waals surface area contributed by atoms with Gasteiger partial charge in [-0.1, -0.05) is 36.8 Å². The van der Waals surface area contributed by atoms with Gasteiger partial charge in [0, 0.05) is 20.1 Å². The number of nitrogens with one attached hydrogen (secondary N) is 1. The Morgan fingerprint density at radius 3 is 2.43 bits per heavy atom. The third-order valence-electron chi connectivity index (χ3n) is 3.16. The second-order valence-electron chi connectivity index (χ2n) is 4.70. The van der Waals surface area contributed by atoms with E-state index >= 15 is 0 Å². The van der Waals surface area contributed by atoms with Crippen LogP contribution < -0.4 is 5.32 Å². The third kappa shape index (κ3) is 6.40. The first-order valence-corrected chi connectivity index (χ1v) is 7.11. The van der Waals surface area contributed by atoms with Crippen LogP contribution in [0, 0.1) is 0 Å². The second-order valence-corrected chi connectivity index (χ2v) is 4.70. The fourth-order valence-electron chi connectivity index (χ4n) is 2.00. The fraction of sp³-hybridized carbons (Fsp3) is 0.500. The Morgan fingerprint density at radius 2 is 1.81 bits per heavy atom. The molecular formula is C16H23NO4. The lowest BCUT2D eigenvalue weighted by molar-refractivity contribution is -0.140. The topological polar surface area (TPSA) is 64.6 Å². The van der Waals surface area contributed by atoms with Crippen molar-refractivity contribution in [1.29, 1.82) is 0 Å². The van der Waals surface area contributed by atoms with E-state index in [2.05, 4.69) is 10.1 Å². The van der Waals surface area contributed by atoms with E-state index in [-0.39, 0.29) is 11.9 Å². The largest absolute Gasteiger partial charge is 0.469 e. The highest BCUT2D eigenvalue weighted by molar-refractivity contribution is 5.82. The number of hydrogen-bond acceptors (Lipinski definition) is 4. The number of esters is 1. The maximum atomic E-state index is 12.1. The maximum absolute atomic E-state index is 12.1. The number of benzene rings is 1. The molecule has 1 aromatic carbocycles. The summed E-state index contributed by atoms with van der Waals surface area (Å²) >= 11 is 0. The van der Waals surface area contributed by atoms with Crippen LogP contribution in [-0.4, -0.2) is 32.6 Å². The Labute approximate surface area is 125 Å². The SMILES string of the molecule is COC(=O)CCCCCNC(=O)C(OC)c1ccccc1. The van der Waals surface area contributed by atoms with Gasteiger partial charge in [-0.05, 0) is 18.4 Å². The minimum absolute atomic E-state index is 0.142. The molecule has 0 aliphatic heterocycles. The third-order valence-corrected chi connectivity index (χ3v) is 3.16. The molecule has 0 saturated carbocycles. The molecule has 1 aromatic rings. The number of rotatable bonds is 9. The molecule has 0 bridgehead atoms. The summed E-state index contributed by atoms with van der Waals surface area (Å²) in [5.74, 6) is -0.334. The van der Waals surface area contributed by atoms with Crippen LogP contribution in [0.4, 0.5) is 0 Å². The van der Waals surface area contributed by atoms with Crippen LogP contribution >= 0.6 is 0 Å². The van der Waals surface area contributed by atoms with Crippen molar-refractivity contribution in [1.82, 2.24) is 5.32 Å². The molecule has 0 aromatic heterocycles. The van der Waals surface area contributed by atoms with E-state index in [0.29, 0.717) is 13.0 Å². The normalized spacial score (nSPS) is 11.7. The number of hydrogen-bond donors (Lipinski definition) is 1. The number of carbonyl (C=O) groups excluding carboxylic acids is 2. The molecule has 1 N–H and O–H groups in total. The first-order valence-electron chi connectivity index (χ1n) is 7.11. The summed E-state index contributed by atoms with van der Waals surface area (Å²) in [6, 6.07) is 9.38. The van der Waals surface area contributed by atoms with Gasteiger partial charge in [0.05, 0.1) is 7.11 Å². The smallest absolute Gasteiger partial charge is 0.305 e. The summed E-state index contributed by atoms with van der Waals surface area (Å²) in [6.45, 7) is 0.576. The molecule has 1 unspecified atom stereocenters. The second kappa shape index (κ2) is 9.94. The molecule has 0 aliphatic rings. The van der Waals surface area contributed by atoms with Crippen LogP contribution in [0.25, 0.3) is 0 Å². The summed E-state index contributed by atoms with van der Waals surface area (Å²) < 4.78 is 9.81. The van der Waals surface area contributed by atoms with Gasteiger partial charge in [-0.3, -0.25) is 9.59 Å². The van der Waals surface area contributed by atoms with Crippen LogP contribution in [0.3, 0.4) is 0 Å².